The van der Waals surface area contributed by atoms with Gasteiger partial charge in [-0.05, 0) is 25.7 Å². The molecule has 1 aliphatic carbocycles. The summed E-state index contributed by atoms with van der Waals surface area (Å²) < 4.78 is 12.3. The molecule has 19 heavy (non-hydrogen) atoms. The Bertz CT molecular complexity index is 447. The maximum Gasteiger partial charge on any atom is 0.200 e. The van der Waals surface area contributed by atoms with Crippen LogP contribution < -0.4 is 0 Å². The maximum absolute atomic E-state index is 6.15. The molecule has 0 amide bonds. The molecule has 1 saturated carbocycles. The summed E-state index contributed by atoms with van der Waals surface area (Å²) in [5.41, 5.74) is 2.55. The third kappa shape index (κ3) is 2.03. The van der Waals surface area contributed by atoms with E-state index in [-0.39, 0.29) is 5.41 Å². The first-order valence-electron chi connectivity index (χ1n) is 7.16. The minimum atomic E-state index is -0.561. The molecule has 1 saturated heterocycles. The summed E-state index contributed by atoms with van der Waals surface area (Å²) in [5.74, 6) is -0.561. The van der Waals surface area contributed by atoms with Crippen molar-refractivity contribution >= 4 is 0 Å². The number of rotatable bonds is 2. The van der Waals surface area contributed by atoms with Crippen molar-refractivity contribution < 1.29 is 9.47 Å². The highest BCUT2D eigenvalue weighted by atomic mass is 16.7. The summed E-state index contributed by atoms with van der Waals surface area (Å²) >= 11 is 0. The molecule has 1 aromatic rings. The molecule has 1 aromatic carbocycles. The SMILES string of the molecule is C=C1CCC(C)(C2(c3ccccc3)OCCO2)CC1. The van der Waals surface area contributed by atoms with E-state index in [9.17, 15) is 0 Å². The Labute approximate surface area is 115 Å². The van der Waals surface area contributed by atoms with Gasteiger partial charge in [0.15, 0.2) is 0 Å². The van der Waals surface area contributed by atoms with Crippen LogP contribution in [0.4, 0.5) is 0 Å². The minimum absolute atomic E-state index is 0.0338. The molecule has 2 aliphatic rings. The quantitative estimate of drug-likeness (QED) is 0.746. The maximum atomic E-state index is 6.15. The van der Waals surface area contributed by atoms with Gasteiger partial charge in [0, 0.05) is 11.0 Å². The van der Waals surface area contributed by atoms with Crippen molar-refractivity contribution in [2.24, 2.45) is 5.41 Å². The van der Waals surface area contributed by atoms with Gasteiger partial charge in [-0.15, -0.1) is 0 Å². The summed E-state index contributed by atoms with van der Waals surface area (Å²) in [7, 11) is 0. The molecule has 1 aliphatic heterocycles. The summed E-state index contributed by atoms with van der Waals surface area (Å²) in [6, 6.07) is 10.4. The summed E-state index contributed by atoms with van der Waals surface area (Å²) in [6.07, 6.45) is 4.33. The average Bonchev–Trinajstić information content (AvgIpc) is 2.95. The van der Waals surface area contributed by atoms with Crippen LogP contribution in [0.2, 0.25) is 0 Å². The van der Waals surface area contributed by atoms with Crippen LogP contribution in [-0.2, 0) is 15.3 Å². The second kappa shape index (κ2) is 4.77. The molecule has 0 bridgehead atoms. The number of hydrogen-bond acceptors (Lipinski definition) is 2. The molecule has 0 spiro atoms. The van der Waals surface area contributed by atoms with Gasteiger partial charge in [-0.25, -0.2) is 0 Å². The van der Waals surface area contributed by atoms with Gasteiger partial charge in [0.1, 0.15) is 0 Å². The van der Waals surface area contributed by atoms with Crippen molar-refractivity contribution in [1.29, 1.82) is 0 Å². The van der Waals surface area contributed by atoms with Gasteiger partial charge in [-0.1, -0.05) is 49.4 Å². The monoisotopic (exact) mass is 258 g/mol. The van der Waals surface area contributed by atoms with Crippen molar-refractivity contribution in [2.45, 2.75) is 38.4 Å². The molecule has 0 radical (unpaired) electrons. The summed E-state index contributed by atoms with van der Waals surface area (Å²) in [4.78, 5) is 0. The molecule has 2 fully saturated rings. The lowest BCUT2D eigenvalue weighted by atomic mass is 9.66. The third-order valence-corrected chi connectivity index (χ3v) is 4.70. The van der Waals surface area contributed by atoms with Crippen LogP contribution in [0.5, 0.6) is 0 Å². The van der Waals surface area contributed by atoms with E-state index in [0.717, 1.165) is 31.2 Å². The lowest BCUT2D eigenvalue weighted by Crippen LogP contribution is -2.46. The van der Waals surface area contributed by atoms with E-state index < -0.39 is 5.79 Å². The number of hydrogen-bond donors (Lipinski definition) is 0. The predicted octanol–water partition coefficient (Wildman–Crippen LogP) is 4.02. The molecule has 0 N–H and O–H groups in total. The number of benzene rings is 1. The van der Waals surface area contributed by atoms with Gasteiger partial charge < -0.3 is 9.47 Å². The number of ether oxygens (including phenoxy) is 2. The molecular formula is C17H22O2. The van der Waals surface area contributed by atoms with E-state index in [0.29, 0.717) is 13.2 Å². The molecule has 0 atom stereocenters. The highest BCUT2D eigenvalue weighted by Crippen LogP contribution is 2.54. The largest absolute Gasteiger partial charge is 0.343 e. The van der Waals surface area contributed by atoms with E-state index in [1.807, 2.05) is 6.07 Å². The van der Waals surface area contributed by atoms with Crippen LogP contribution >= 0.6 is 0 Å². The number of allylic oxidation sites excluding steroid dienone is 1. The fourth-order valence-corrected chi connectivity index (χ4v) is 3.42. The molecule has 102 valence electrons. The first-order valence-corrected chi connectivity index (χ1v) is 7.16. The van der Waals surface area contributed by atoms with Gasteiger partial charge in [0.05, 0.1) is 13.2 Å². The molecular weight excluding hydrogens is 236 g/mol. The predicted molar refractivity (Wildman–Crippen MR) is 75.7 cm³/mol. The van der Waals surface area contributed by atoms with Gasteiger partial charge >= 0.3 is 0 Å². The van der Waals surface area contributed by atoms with Crippen LogP contribution in [0.3, 0.4) is 0 Å². The van der Waals surface area contributed by atoms with E-state index in [1.54, 1.807) is 0 Å². The Kier molecular flexibility index (Phi) is 3.23. The van der Waals surface area contributed by atoms with Crippen LogP contribution in [-0.4, -0.2) is 13.2 Å². The van der Waals surface area contributed by atoms with Gasteiger partial charge in [0.25, 0.3) is 0 Å². The van der Waals surface area contributed by atoms with Crippen molar-refractivity contribution in [1.82, 2.24) is 0 Å². The smallest absolute Gasteiger partial charge is 0.200 e. The lowest BCUT2D eigenvalue weighted by Gasteiger charge is -2.47. The van der Waals surface area contributed by atoms with E-state index in [4.69, 9.17) is 9.47 Å². The highest BCUT2D eigenvalue weighted by Gasteiger charge is 2.54. The Hall–Kier alpha value is -1.12. The van der Waals surface area contributed by atoms with Crippen LogP contribution in [0.15, 0.2) is 42.5 Å². The molecule has 3 rings (SSSR count). The van der Waals surface area contributed by atoms with E-state index in [2.05, 4.69) is 37.8 Å². The summed E-state index contributed by atoms with van der Waals surface area (Å²) in [5, 5.41) is 0. The molecule has 0 unspecified atom stereocenters. The highest BCUT2D eigenvalue weighted by molar-refractivity contribution is 5.25. The molecule has 1 heterocycles. The first kappa shape index (κ1) is 12.9. The van der Waals surface area contributed by atoms with Gasteiger partial charge in [-0.2, -0.15) is 0 Å². The zero-order chi connectivity index (χ0) is 13.3. The van der Waals surface area contributed by atoms with Crippen molar-refractivity contribution in [3.05, 3.63) is 48.0 Å². The third-order valence-electron chi connectivity index (χ3n) is 4.70. The Morgan fingerprint density at radius 2 is 1.58 bits per heavy atom. The minimum Gasteiger partial charge on any atom is -0.343 e. The van der Waals surface area contributed by atoms with Gasteiger partial charge in [-0.3, -0.25) is 0 Å². The Balaban J connectivity index is 1.99. The molecule has 2 heteroatoms. The second-order valence-corrected chi connectivity index (χ2v) is 5.99. The normalized spacial score (nSPS) is 25.4. The zero-order valence-corrected chi connectivity index (χ0v) is 11.7. The van der Waals surface area contributed by atoms with Crippen LogP contribution in [0.1, 0.15) is 38.2 Å². The van der Waals surface area contributed by atoms with Crippen LogP contribution in [0.25, 0.3) is 0 Å². The topological polar surface area (TPSA) is 18.5 Å². The zero-order valence-electron chi connectivity index (χ0n) is 11.7. The summed E-state index contributed by atoms with van der Waals surface area (Å²) in [6.45, 7) is 7.80. The van der Waals surface area contributed by atoms with E-state index in [1.165, 1.54) is 5.57 Å². The van der Waals surface area contributed by atoms with Crippen molar-refractivity contribution in [3.63, 3.8) is 0 Å². The fraction of sp³-hybridized carbons (Fsp3) is 0.529. The van der Waals surface area contributed by atoms with Crippen molar-refractivity contribution in [2.75, 3.05) is 13.2 Å². The Morgan fingerprint density at radius 1 is 1.00 bits per heavy atom. The fourth-order valence-electron chi connectivity index (χ4n) is 3.42. The lowest BCUT2D eigenvalue weighted by molar-refractivity contribution is -0.250. The standard InChI is InChI=1S/C17H22O2/c1-14-8-10-16(2,11-9-14)17(18-12-13-19-17)15-6-4-3-5-7-15/h3-7H,1,8-13H2,2H3. The average molecular weight is 258 g/mol. The first-order chi connectivity index (χ1) is 9.16. The van der Waals surface area contributed by atoms with E-state index >= 15 is 0 Å². The van der Waals surface area contributed by atoms with Crippen LogP contribution in [0, 0.1) is 5.41 Å². The molecule has 0 aromatic heterocycles. The van der Waals surface area contributed by atoms with Gasteiger partial charge in [0.2, 0.25) is 5.79 Å². The second-order valence-electron chi connectivity index (χ2n) is 5.99. The van der Waals surface area contributed by atoms with Crippen molar-refractivity contribution in [3.8, 4) is 0 Å². The molecule has 2 nitrogen and oxygen atoms in total. The Morgan fingerprint density at radius 3 is 2.16 bits per heavy atom.